The summed E-state index contributed by atoms with van der Waals surface area (Å²) in [6.07, 6.45) is 7.55. The molecule has 1 rings (SSSR count). The van der Waals surface area contributed by atoms with Gasteiger partial charge in [-0.1, -0.05) is 25.7 Å². The smallest absolute Gasteiger partial charge is 0.222 e. The number of rotatable bonds is 6. The van der Waals surface area contributed by atoms with Crippen molar-refractivity contribution in [1.82, 2.24) is 4.90 Å². The van der Waals surface area contributed by atoms with E-state index in [1.54, 1.807) is 19.1 Å². The van der Waals surface area contributed by atoms with Crippen LogP contribution in [-0.4, -0.2) is 49.3 Å². The number of carbonyl (C=O) groups excluding carboxylic acids is 1. The van der Waals surface area contributed by atoms with Crippen LogP contribution in [0.25, 0.3) is 0 Å². The summed E-state index contributed by atoms with van der Waals surface area (Å²) in [6.45, 7) is 0.639. The van der Waals surface area contributed by atoms with E-state index in [-0.39, 0.29) is 12.5 Å². The minimum absolute atomic E-state index is 0.150. The lowest BCUT2D eigenvalue weighted by atomic mass is 9.96. The van der Waals surface area contributed by atoms with E-state index in [0.717, 1.165) is 0 Å². The molecule has 4 nitrogen and oxygen atoms in total. The van der Waals surface area contributed by atoms with Gasteiger partial charge in [-0.15, -0.1) is 0 Å². The number of carbonyl (C=O) groups is 1. The van der Waals surface area contributed by atoms with E-state index >= 15 is 0 Å². The second-order valence-corrected chi connectivity index (χ2v) is 5.45. The number of ether oxygens (including phenoxy) is 1. The molecule has 0 saturated heterocycles. The molecule has 106 valence electrons. The molecular formula is C14H27NO3. The lowest BCUT2D eigenvalue weighted by Crippen LogP contribution is -2.37. The Balaban J connectivity index is 2.29. The van der Waals surface area contributed by atoms with Crippen molar-refractivity contribution in [3.05, 3.63) is 0 Å². The standard InChI is InChI=1S/C14H27NO3/c1-15(10-13(16)11-18-2)14(17)9-12-7-5-3-4-6-8-12/h12-13,16H,3-11H2,1-2H3. The zero-order valence-corrected chi connectivity index (χ0v) is 11.7. The number of aliphatic hydroxyl groups is 1. The van der Waals surface area contributed by atoms with E-state index in [1.807, 2.05) is 0 Å². The second-order valence-electron chi connectivity index (χ2n) is 5.45. The highest BCUT2D eigenvalue weighted by Crippen LogP contribution is 2.25. The molecule has 0 aliphatic heterocycles. The van der Waals surface area contributed by atoms with Crippen molar-refractivity contribution in [3.8, 4) is 0 Å². The molecule has 0 bridgehead atoms. The normalized spacial score (nSPS) is 19.3. The maximum atomic E-state index is 12.0. The van der Waals surface area contributed by atoms with Crippen molar-refractivity contribution in [1.29, 1.82) is 0 Å². The van der Waals surface area contributed by atoms with E-state index in [0.29, 0.717) is 18.9 Å². The minimum atomic E-state index is -0.585. The highest BCUT2D eigenvalue weighted by atomic mass is 16.5. The highest BCUT2D eigenvalue weighted by Gasteiger charge is 2.19. The zero-order valence-electron chi connectivity index (χ0n) is 11.7. The predicted molar refractivity (Wildman–Crippen MR) is 71.3 cm³/mol. The van der Waals surface area contributed by atoms with Crippen LogP contribution < -0.4 is 0 Å². The molecule has 18 heavy (non-hydrogen) atoms. The van der Waals surface area contributed by atoms with Crippen molar-refractivity contribution >= 4 is 5.91 Å². The van der Waals surface area contributed by atoms with Gasteiger partial charge in [0.25, 0.3) is 0 Å². The van der Waals surface area contributed by atoms with Crippen LogP contribution in [0.3, 0.4) is 0 Å². The third kappa shape index (κ3) is 5.83. The van der Waals surface area contributed by atoms with Crippen LogP contribution >= 0.6 is 0 Å². The summed E-state index contributed by atoms with van der Waals surface area (Å²) in [6, 6.07) is 0. The molecule has 1 atom stereocenters. The molecule has 0 spiro atoms. The average Bonchev–Trinajstić information content (AvgIpc) is 2.57. The molecule has 1 N–H and O–H groups in total. The van der Waals surface area contributed by atoms with E-state index in [9.17, 15) is 9.90 Å². The fourth-order valence-electron chi connectivity index (χ4n) is 2.63. The first-order valence-corrected chi connectivity index (χ1v) is 7.04. The molecule has 4 heteroatoms. The summed E-state index contributed by atoms with van der Waals surface area (Å²) < 4.78 is 4.86. The Hall–Kier alpha value is -0.610. The van der Waals surface area contributed by atoms with Gasteiger partial charge in [-0.2, -0.15) is 0 Å². The lowest BCUT2D eigenvalue weighted by molar-refractivity contribution is -0.132. The predicted octanol–water partition coefficient (Wildman–Crippen LogP) is 1.81. The second kappa shape index (κ2) is 8.48. The monoisotopic (exact) mass is 257 g/mol. The van der Waals surface area contributed by atoms with Crippen LogP contribution in [0.5, 0.6) is 0 Å². The Morgan fingerprint density at radius 3 is 2.50 bits per heavy atom. The summed E-state index contributed by atoms with van der Waals surface area (Å²) in [5.41, 5.74) is 0. The number of hydrogen-bond acceptors (Lipinski definition) is 3. The van der Waals surface area contributed by atoms with Crippen LogP contribution in [0.1, 0.15) is 44.9 Å². The number of amides is 1. The summed E-state index contributed by atoms with van der Waals surface area (Å²) in [5.74, 6) is 0.694. The zero-order chi connectivity index (χ0) is 13.4. The summed E-state index contributed by atoms with van der Waals surface area (Å²) in [5, 5.41) is 9.60. The molecule has 0 heterocycles. The van der Waals surface area contributed by atoms with E-state index in [1.165, 1.54) is 38.5 Å². The third-order valence-corrected chi connectivity index (χ3v) is 3.71. The number of nitrogens with zero attached hydrogens (tertiary/aromatic N) is 1. The van der Waals surface area contributed by atoms with Gasteiger partial charge in [0.2, 0.25) is 5.91 Å². The topological polar surface area (TPSA) is 49.8 Å². The first-order chi connectivity index (χ1) is 8.63. The molecular weight excluding hydrogens is 230 g/mol. The fraction of sp³-hybridized carbons (Fsp3) is 0.929. The SMILES string of the molecule is COCC(O)CN(C)C(=O)CC1CCCCCC1. The molecule has 1 aliphatic carbocycles. The van der Waals surface area contributed by atoms with Gasteiger partial charge in [0, 0.05) is 27.1 Å². The first kappa shape index (κ1) is 15.4. The third-order valence-electron chi connectivity index (χ3n) is 3.71. The van der Waals surface area contributed by atoms with Crippen molar-refractivity contribution in [2.75, 3.05) is 27.3 Å². The van der Waals surface area contributed by atoms with Crippen molar-refractivity contribution in [3.63, 3.8) is 0 Å². The molecule has 0 radical (unpaired) electrons. The Bertz CT molecular complexity index is 237. The van der Waals surface area contributed by atoms with Gasteiger partial charge in [-0.05, 0) is 18.8 Å². The average molecular weight is 257 g/mol. The minimum Gasteiger partial charge on any atom is -0.389 e. The highest BCUT2D eigenvalue weighted by molar-refractivity contribution is 5.76. The molecule has 1 fully saturated rings. The number of methoxy groups -OCH3 is 1. The fourth-order valence-corrected chi connectivity index (χ4v) is 2.63. The van der Waals surface area contributed by atoms with Crippen LogP contribution in [0.2, 0.25) is 0 Å². The number of aliphatic hydroxyl groups excluding tert-OH is 1. The van der Waals surface area contributed by atoms with Gasteiger partial charge in [0.1, 0.15) is 0 Å². The molecule has 0 aromatic heterocycles. The molecule has 1 aliphatic rings. The maximum Gasteiger partial charge on any atom is 0.222 e. The van der Waals surface area contributed by atoms with Crippen molar-refractivity contribution in [2.24, 2.45) is 5.92 Å². The van der Waals surface area contributed by atoms with Gasteiger partial charge in [-0.3, -0.25) is 4.79 Å². The van der Waals surface area contributed by atoms with Gasteiger partial charge in [0.15, 0.2) is 0 Å². The Labute approximate surface area is 110 Å². The van der Waals surface area contributed by atoms with Crippen molar-refractivity contribution < 1.29 is 14.6 Å². The van der Waals surface area contributed by atoms with Gasteiger partial charge in [-0.25, -0.2) is 0 Å². The van der Waals surface area contributed by atoms with E-state index in [2.05, 4.69) is 0 Å². The van der Waals surface area contributed by atoms with Crippen molar-refractivity contribution in [2.45, 2.75) is 51.0 Å². The summed E-state index contributed by atoms with van der Waals surface area (Å²) >= 11 is 0. The number of hydrogen-bond donors (Lipinski definition) is 1. The van der Waals surface area contributed by atoms with Crippen LogP contribution in [-0.2, 0) is 9.53 Å². The molecule has 1 unspecified atom stereocenters. The molecule has 0 aromatic rings. The Morgan fingerprint density at radius 1 is 1.33 bits per heavy atom. The molecule has 1 saturated carbocycles. The maximum absolute atomic E-state index is 12.0. The Morgan fingerprint density at radius 2 is 1.94 bits per heavy atom. The van der Waals surface area contributed by atoms with Gasteiger partial charge < -0.3 is 14.7 Å². The lowest BCUT2D eigenvalue weighted by Gasteiger charge is -2.23. The quantitative estimate of drug-likeness (QED) is 0.738. The first-order valence-electron chi connectivity index (χ1n) is 7.04. The summed E-state index contributed by atoms with van der Waals surface area (Å²) in [4.78, 5) is 13.7. The summed E-state index contributed by atoms with van der Waals surface area (Å²) in [7, 11) is 3.31. The number of likely N-dealkylation sites (N-methyl/N-ethyl adjacent to an activating group) is 1. The van der Waals surface area contributed by atoms with Crippen LogP contribution in [0, 0.1) is 5.92 Å². The van der Waals surface area contributed by atoms with Gasteiger partial charge in [0.05, 0.1) is 12.7 Å². The van der Waals surface area contributed by atoms with Crippen LogP contribution in [0.4, 0.5) is 0 Å². The van der Waals surface area contributed by atoms with E-state index in [4.69, 9.17) is 4.74 Å². The largest absolute Gasteiger partial charge is 0.389 e. The molecule has 0 aromatic carbocycles. The van der Waals surface area contributed by atoms with Crippen LogP contribution in [0.15, 0.2) is 0 Å². The van der Waals surface area contributed by atoms with Gasteiger partial charge >= 0.3 is 0 Å². The van der Waals surface area contributed by atoms with E-state index < -0.39 is 6.10 Å². The molecule has 1 amide bonds. The Kier molecular flexibility index (Phi) is 7.28.